The molecule has 1 aromatic carbocycles. The maximum atomic E-state index is 12.0. The molecule has 0 saturated carbocycles. The Balaban J connectivity index is 2.34. The van der Waals surface area contributed by atoms with Gasteiger partial charge < -0.3 is 15.4 Å². The van der Waals surface area contributed by atoms with Crippen LogP contribution in [0.15, 0.2) is 35.3 Å². The lowest BCUT2D eigenvalue weighted by molar-refractivity contribution is 0.179. The highest BCUT2D eigenvalue weighted by Crippen LogP contribution is 1.98. The van der Waals surface area contributed by atoms with E-state index in [1.807, 2.05) is 37.3 Å². The topological polar surface area (TPSA) is 91.8 Å². The first-order chi connectivity index (χ1) is 11.0. The predicted molar refractivity (Wildman–Crippen MR) is 92.9 cm³/mol. The summed E-state index contributed by atoms with van der Waals surface area (Å²) in [5.74, 6) is 0.520. The van der Waals surface area contributed by atoms with Crippen molar-refractivity contribution in [2.45, 2.75) is 19.5 Å². The summed E-state index contributed by atoms with van der Waals surface area (Å²) in [6, 6.07) is 9.49. The number of nitrogens with one attached hydrogen (secondary N) is 3. The van der Waals surface area contributed by atoms with Gasteiger partial charge in [0.05, 0.1) is 12.4 Å². The molecule has 130 valence electrons. The number of ether oxygens (including phenoxy) is 1. The quantitative estimate of drug-likeness (QED) is 0.444. The van der Waals surface area contributed by atoms with Crippen LogP contribution in [-0.2, 0) is 21.3 Å². The van der Waals surface area contributed by atoms with Gasteiger partial charge in [-0.25, -0.2) is 13.1 Å². The first-order valence-corrected chi connectivity index (χ1v) is 9.09. The molecule has 0 fully saturated rings. The standard InChI is InChI=1S/C15H26N4O3S/c1-13(12-22-3)19-15(16-2)17-9-10-23(20,21)18-11-14-7-5-4-6-8-14/h4-8,13,18H,9-12H2,1-3H3,(H2,16,17,19). The average molecular weight is 342 g/mol. The van der Waals surface area contributed by atoms with Crippen LogP contribution in [0.4, 0.5) is 0 Å². The Morgan fingerprint density at radius 3 is 2.61 bits per heavy atom. The van der Waals surface area contributed by atoms with Crippen LogP contribution in [0, 0.1) is 0 Å². The normalized spacial score (nSPS) is 13.6. The molecule has 0 bridgehead atoms. The molecule has 0 aliphatic carbocycles. The molecule has 8 heteroatoms. The summed E-state index contributed by atoms with van der Waals surface area (Å²) in [5.41, 5.74) is 0.926. The van der Waals surface area contributed by atoms with Crippen LogP contribution in [0.3, 0.4) is 0 Å². The van der Waals surface area contributed by atoms with Crippen LogP contribution >= 0.6 is 0 Å². The van der Waals surface area contributed by atoms with E-state index in [1.54, 1.807) is 14.2 Å². The molecule has 0 radical (unpaired) electrons. The van der Waals surface area contributed by atoms with Crippen molar-refractivity contribution < 1.29 is 13.2 Å². The summed E-state index contributed by atoms with van der Waals surface area (Å²) in [6.45, 7) is 3.05. The lowest BCUT2D eigenvalue weighted by atomic mass is 10.2. The highest BCUT2D eigenvalue weighted by atomic mass is 32.2. The Labute approximate surface area is 138 Å². The number of hydrogen-bond donors (Lipinski definition) is 3. The number of aliphatic imine (C=N–C) groups is 1. The highest BCUT2D eigenvalue weighted by Gasteiger charge is 2.11. The lowest BCUT2D eigenvalue weighted by Crippen LogP contribution is -2.45. The average Bonchev–Trinajstić information content (AvgIpc) is 2.53. The van der Waals surface area contributed by atoms with Crippen molar-refractivity contribution in [3.63, 3.8) is 0 Å². The van der Waals surface area contributed by atoms with Gasteiger partial charge in [0.1, 0.15) is 0 Å². The molecular weight excluding hydrogens is 316 g/mol. The summed E-state index contributed by atoms with van der Waals surface area (Å²) in [7, 11) is -0.0820. The molecule has 1 unspecified atom stereocenters. The Hall–Kier alpha value is -1.64. The van der Waals surface area contributed by atoms with Crippen molar-refractivity contribution >= 4 is 16.0 Å². The molecule has 0 aliphatic heterocycles. The van der Waals surface area contributed by atoms with Crippen molar-refractivity contribution in [2.24, 2.45) is 4.99 Å². The molecular formula is C15H26N4O3S. The summed E-state index contributed by atoms with van der Waals surface area (Å²) in [5, 5.41) is 6.09. The fourth-order valence-electron chi connectivity index (χ4n) is 1.88. The van der Waals surface area contributed by atoms with Crippen molar-refractivity contribution in [1.82, 2.24) is 15.4 Å². The van der Waals surface area contributed by atoms with Gasteiger partial charge in [-0.2, -0.15) is 0 Å². The van der Waals surface area contributed by atoms with Gasteiger partial charge in [0.15, 0.2) is 5.96 Å². The SMILES string of the molecule is CN=C(NCCS(=O)(=O)NCc1ccccc1)NC(C)COC. The number of sulfonamides is 1. The van der Waals surface area contributed by atoms with Crippen molar-refractivity contribution in [3.05, 3.63) is 35.9 Å². The number of nitrogens with zero attached hydrogens (tertiary/aromatic N) is 1. The zero-order valence-electron chi connectivity index (χ0n) is 13.9. The maximum Gasteiger partial charge on any atom is 0.213 e. The molecule has 3 N–H and O–H groups in total. The van der Waals surface area contributed by atoms with Gasteiger partial charge in [-0.3, -0.25) is 4.99 Å². The lowest BCUT2D eigenvalue weighted by Gasteiger charge is -2.17. The van der Waals surface area contributed by atoms with Crippen LogP contribution in [0.2, 0.25) is 0 Å². The van der Waals surface area contributed by atoms with Crippen LogP contribution in [0.5, 0.6) is 0 Å². The third-order valence-corrected chi connectivity index (χ3v) is 4.35. The number of methoxy groups -OCH3 is 1. The van der Waals surface area contributed by atoms with Crippen molar-refractivity contribution in [3.8, 4) is 0 Å². The fourth-order valence-corrected chi connectivity index (χ4v) is 2.79. The van der Waals surface area contributed by atoms with Gasteiger partial charge in [0, 0.05) is 33.3 Å². The van der Waals surface area contributed by atoms with Crippen molar-refractivity contribution in [1.29, 1.82) is 0 Å². The molecule has 1 aromatic rings. The van der Waals surface area contributed by atoms with Gasteiger partial charge in [0.2, 0.25) is 10.0 Å². The molecule has 0 aliphatic rings. The van der Waals surface area contributed by atoms with Gasteiger partial charge in [0.25, 0.3) is 0 Å². The second-order valence-corrected chi connectivity index (χ2v) is 7.05. The van der Waals surface area contributed by atoms with E-state index in [4.69, 9.17) is 4.74 Å². The summed E-state index contributed by atoms with van der Waals surface area (Å²) < 4.78 is 31.5. The van der Waals surface area contributed by atoms with E-state index in [0.717, 1.165) is 5.56 Å². The van der Waals surface area contributed by atoms with E-state index in [9.17, 15) is 8.42 Å². The molecule has 0 heterocycles. The molecule has 0 amide bonds. The number of guanidine groups is 1. The molecule has 0 saturated heterocycles. The van der Waals surface area contributed by atoms with E-state index < -0.39 is 10.0 Å². The monoisotopic (exact) mass is 342 g/mol. The Bertz CT molecular complexity index is 576. The van der Waals surface area contributed by atoms with Crippen molar-refractivity contribution in [2.75, 3.05) is 33.1 Å². The fraction of sp³-hybridized carbons (Fsp3) is 0.533. The zero-order valence-corrected chi connectivity index (χ0v) is 14.7. The second-order valence-electron chi connectivity index (χ2n) is 5.13. The summed E-state index contributed by atoms with van der Waals surface area (Å²) in [6.07, 6.45) is 0. The van der Waals surface area contributed by atoms with Crippen LogP contribution < -0.4 is 15.4 Å². The van der Waals surface area contributed by atoms with Crippen LogP contribution in [0.1, 0.15) is 12.5 Å². The van der Waals surface area contributed by atoms with Crippen LogP contribution in [-0.4, -0.2) is 53.5 Å². The zero-order chi connectivity index (χ0) is 17.1. The first-order valence-electron chi connectivity index (χ1n) is 7.44. The van der Waals surface area contributed by atoms with Gasteiger partial charge >= 0.3 is 0 Å². The minimum absolute atomic E-state index is 0.0286. The highest BCUT2D eigenvalue weighted by molar-refractivity contribution is 7.89. The Morgan fingerprint density at radius 2 is 2.00 bits per heavy atom. The third kappa shape index (κ3) is 8.53. The molecule has 7 nitrogen and oxygen atoms in total. The van der Waals surface area contributed by atoms with Gasteiger partial charge in [-0.15, -0.1) is 0 Å². The molecule has 1 rings (SSSR count). The van der Waals surface area contributed by atoms with E-state index >= 15 is 0 Å². The first kappa shape index (κ1) is 19.4. The number of hydrogen-bond acceptors (Lipinski definition) is 4. The van der Waals surface area contributed by atoms with E-state index in [-0.39, 0.29) is 18.3 Å². The third-order valence-electron chi connectivity index (χ3n) is 3.03. The minimum Gasteiger partial charge on any atom is -0.383 e. The predicted octanol–water partition coefficient (Wildman–Crippen LogP) is 0.306. The second kappa shape index (κ2) is 10.2. The maximum absolute atomic E-state index is 12.0. The number of benzene rings is 1. The summed E-state index contributed by atoms with van der Waals surface area (Å²) >= 11 is 0. The molecule has 0 spiro atoms. The Kier molecular flexibility index (Phi) is 8.60. The molecule has 0 aromatic heterocycles. The van der Waals surface area contributed by atoms with Gasteiger partial charge in [-0.05, 0) is 12.5 Å². The summed E-state index contributed by atoms with van der Waals surface area (Å²) in [4.78, 5) is 4.05. The van der Waals surface area contributed by atoms with E-state index in [0.29, 0.717) is 19.1 Å². The smallest absolute Gasteiger partial charge is 0.213 e. The van der Waals surface area contributed by atoms with Gasteiger partial charge in [-0.1, -0.05) is 30.3 Å². The number of rotatable bonds is 9. The largest absolute Gasteiger partial charge is 0.383 e. The van der Waals surface area contributed by atoms with E-state index in [2.05, 4.69) is 20.3 Å². The minimum atomic E-state index is -3.34. The molecule has 23 heavy (non-hydrogen) atoms. The van der Waals surface area contributed by atoms with E-state index in [1.165, 1.54) is 0 Å². The molecule has 1 atom stereocenters. The van der Waals surface area contributed by atoms with Crippen LogP contribution in [0.25, 0.3) is 0 Å². The Morgan fingerprint density at radius 1 is 1.30 bits per heavy atom.